The Balaban J connectivity index is 2.47. The fourth-order valence-electron chi connectivity index (χ4n) is 3.91. The summed E-state index contributed by atoms with van der Waals surface area (Å²) >= 11 is 0. The molecule has 2 rings (SSSR count). The van der Waals surface area contributed by atoms with Crippen LogP contribution in [0.4, 0.5) is 0 Å². The summed E-state index contributed by atoms with van der Waals surface area (Å²) in [4.78, 5) is 12.0. The zero-order valence-corrected chi connectivity index (χ0v) is 11.7. The normalized spacial score (nSPS) is 44.8. The highest BCUT2D eigenvalue weighted by atomic mass is 16.3. The lowest BCUT2D eigenvalue weighted by Crippen LogP contribution is -2.48. The van der Waals surface area contributed by atoms with Gasteiger partial charge in [-0.2, -0.15) is 0 Å². The Hall–Kier alpha value is -0.670. The van der Waals surface area contributed by atoms with Gasteiger partial charge in [-0.25, -0.2) is 0 Å². The predicted molar refractivity (Wildman–Crippen MR) is 70.0 cm³/mol. The number of Topliss-reactive ketones (excluding diaryl/α,β-unsaturated/α-hetero) is 1. The smallest absolute Gasteiger partial charge is 0.158 e. The Morgan fingerprint density at radius 2 is 2.00 bits per heavy atom. The Bertz CT molecular complexity index is 399. The Morgan fingerprint density at radius 3 is 2.56 bits per heavy atom. The van der Waals surface area contributed by atoms with Crippen LogP contribution in [0.15, 0.2) is 11.6 Å². The molecule has 0 unspecified atom stereocenters. The molecule has 0 aromatic heterocycles. The summed E-state index contributed by atoms with van der Waals surface area (Å²) in [5.41, 5.74) is -0.525. The van der Waals surface area contributed by atoms with Gasteiger partial charge in [0, 0.05) is 12.3 Å². The monoisotopic (exact) mass is 252 g/mol. The second-order valence-corrected chi connectivity index (χ2v) is 6.72. The minimum atomic E-state index is -0.866. The maximum Gasteiger partial charge on any atom is 0.158 e. The van der Waals surface area contributed by atoms with E-state index in [0.717, 1.165) is 6.42 Å². The number of aliphatic hydroxyl groups is 2. The van der Waals surface area contributed by atoms with E-state index in [1.54, 1.807) is 13.0 Å². The summed E-state index contributed by atoms with van der Waals surface area (Å²) in [7, 11) is 0. The second-order valence-electron chi connectivity index (χ2n) is 6.72. The van der Waals surface area contributed by atoms with Gasteiger partial charge in [0.05, 0.1) is 11.7 Å². The topological polar surface area (TPSA) is 57.5 Å². The number of rotatable bonds is 1. The molecule has 0 aromatic rings. The molecule has 0 heterocycles. The van der Waals surface area contributed by atoms with Crippen LogP contribution in [0.5, 0.6) is 0 Å². The highest BCUT2D eigenvalue weighted by molar-refractivity contribution is 5.95. The molecule has 0 aromatic carbocycles. The molecule has 18 heavy (non-hydrogen) atoms. The van der Waals surface area contributed by atoms with Crippen LogP contribution in [0.25, 0.3) is 0 Å². The van der Waals surface area contributed by atoms with E-state index in [-0.39, 0.29) is 23.0 Å². The summed E-state index contributed by atoms with van der Waals surface area (Å²) in [5, 5.41) is 21.3. The Kier molecular flexibility index (Phi) is 3.19. The third-order valence-corrected chi connectivity index (χ3v) is 5.15. The average molecular weight is 252 g/mol. The van der Waals surface area contributed by atoms with E-state index in [0.29, 0.717) is 18.4 Å². The van der Waals surface area contributed by atoms with Crippen LogP contribution in [0.1, 0.15) is 47.0 Å². The van der Waals surface area contributed by atoms with Gasteiger partial charge in [-0.3, -0.25) is 4.79 Å². The quantitative estimate of drug-likeness (QED) is 0.751. The highest BCUT2D eigenvalue weighted by Crippen LogP contribution is 2.56. The first-order valence-electron chi connectivity index (χ1n) is 6.83. The maximum atomic E-state index is 12.0. The third-order valence-electron chi connectivity index (χ3n) is 5.15. The largest absolute Gasteiger partial charge is 0.389 e. The predicted octanol–water partition coefficient (Wildman–Crippen LogP) is 2.07. The van der Waals surface area contributed by atoms with Crippen LogP contribution in [0.2, 0.25) is 0 Å². The van der Waals surface area contributed by atoms with Gasteiger partial charge < -0.3 is 10.2 Å². The molecule has 0 saturated heterocycles. The number of carbonyl (C=O) groups excluding carboxylic acids is 1. The molecular weight excluding hydrogens is 228 g/mol. The lowest BCUT2D eigenvalue weighted by Gasteiger charge is -2.41. The van der Waals surface area contributed by atoms with Crippen LogP contribution < -0.4 is 0 Å². The molecule has 4 atom stereocenters. The molecule has 2 aliphatic rings. The average Bonchev–Trinajstić information content (AvgIpc) is 2.47. The van der Waals surface area contributed by atoms with Crippen molar-refractivity contribution in [3.8, 4) is 0 Å². The minimum absolute atomic E-state index is 0.0842. The molecule has 3 nitrogen and oxygen atoms in total. The van der Waals surface area contributed by atoms with Crippen molar-refractivity contribution in [1.29, 1.82) is 0 Å². The molecule has 3 heteroatoms. The fourth-order valence-corrected chi connectivity index (χ4v) is 3.91. The van der Waals surface area contributed by atoms with E-state index < -0.39 is 11.7 Å². The van der Waals surface area contributed by atoms with Crippen LogP contribution in [-0.2, 0) is 4.79 Å². The van der Waals surface area contributed by atoms with Crippen LogP contribution in [-0.4, -0.2) is 27.7 Å². The summed E-state index contributed by atoms with van der Waals surface area (Å²) in [5.74, 6) is -0.0562. The molecule has 0 bridgehead atoms. The van der Waals surface area contributed by atoms with Gasteiger partial charge in [0.15, 0.2) is 5.78 Å². The minimum Gasteiger partial charge on any atom is -0.389 e. The number of aliphatic hydroxyl groups excluding tert-OH is 1. The summed E-state index contributed by atoms with van der Waals surface area (Å²) in [6, 6.07) is 0. The molecule has 0 amide bonds. The Morgan fingerprint density at radius 1 is 1.39 bits per heavy atom. The van der Waals surface area contributed by atoms with E-state index in [9.17, 15) is 15.0 Å². The SMILES string of the molecule is CC1=C[C@H](O)[C@@H]2[C@](C)(CC[C@@]2(O)C(C)C)CC1=O. The number of hydrogen-bond acceptors (Lipinski definition) is 3. The summed E-state index contributed by atoms with van der Waals surface area (Å²) in [6.07, 6.45) is 2.82. The molecule has 0 radical (unpaired) electrons. The van der Waals surface area contributed by atoms with Crippen molar-refractivity contribution >= 4 is 5.78 Å². The van der Waals surface area contributed by atoms with Gasteiger partial charge in [0.1, 0.15) is 0 Å². The number of allylic oxidation sites excluding steroid dienone is 1. The third kappa shape index (κ3) is 1.84. The van der Waals surface area contributed by atoms with Crippen molar-refractivity contribution in [2.45, 2.75) is 58.7 Å². The zero-order valence-electron chi connectivity index (χ0n) is 11.7. The molecule has 1 fully saturated rings. The van der Waals surface area contributed by atoms with E-state index in [4.69, 9.17) is 0 Å². The maximum absolute atomic E-state index is 12.0. The first kappa shape index (κ1) is 13.8. The van der Waals surface area contributed by atoms with Gasteiger partial charge in [-0.1, -0.05) is 20.8 Å². The van der Waals surface area contributed by atoms with Crippen molar-refractivity contribution in [2.75, 3.05) is 0 Å². The zero-order chi connectivity index (χ0) is 13.7. The van der Waals surface area contributed by atoms with E-state index in [2.05, 4.69) is 0 Å². The highest BCUT2D eigenvalue weighted by Gasteiger charge is 2.58. The van der Waals surface area contributed by atoms with E-state index >= 15 is 0 Å². The van der Waals surface area contributed by atoms with Gasteiger partial charge in [0.2, 0.25) is 0 Å². The molecule has 102 valence electrons. The van der Waals surface area contributed by atoms with Crippen LogP contribution >= 0.6 is 0 Å². The molecule has 0 spiro atoms. The van der Waals surface area contributed by atoms with Crippen molar-refractivity contribution in [3.05, 3.63) is 11.6 Å². The second kappa shape index (κ2) is 4.17. The number of hydrogen-bond donors (Lipinski definition) is 2. The first-order chi connectivity index (χ1) is 8.20. The van der Waals surface area contributed by atoms with E-state index in [1.165, 1.54) is 0 Å². The first-order valence-corrected chi connectivity index (χ1v) is 6.83. The summed E-state index contributed by atoms with van der Waals surface area (Å²) in [6.45, 7) is 7.76. The van der Waals surface area contributed by atoms with Gasteiger partial charge >= 0.3 is 0 Å². The molecular formula is C15H24O3. The van der Waals surface area contributed by atoms with Gasteiger partial charge in [0.25, 0.3) is 0 Å². The lowest BCUT2D eigenvalue weighted by atomic mass is 9.68. The standard InChI is InChI=1S/C15H24O3/c1-9(2)15(18)6-5-14(4)8-12(17)10(3)7-11(16)13(14)15/h7,9,11,13,16,18H,5-6,8H2,1-4H3/t11-,13+,14+,15+/m0/s1. The summed E-state index contributed by atoms with van der Waals surface area (Å²) < 4.78 is 0. The van der Waals surface area contributed by atoms with Gasteiger partial charge in [-0.15, -0.1) is 0 Å². The lowest BCUT2D eigenvalue weighted by molar-refractivity contribution is -0.121. The molecule has 0 aliphatic heterocycles. The van der Waals surface area contributed by atoms with Crippen LogP contribution in [0, 0.1) is 17.3 Å². The number of fused-ring (bicyclic) bond motifs is 1. The van der Waals surface area contributed by atoms with Crippen molar-refractivity contribution in [1.82, 2.24) is 0 Å². The van der Waals surface area contributed by atoms with Crippen molar-refractivity contribution < 1.29 is 15.0 Å². The molecule has 1 saturated carbocycles. The van der Waals surface area contributed by atoms with Crippen LogP contribution in [0.3, 0.4) is 0 Å². The van der Waals surface area contributed by atoms with Gasteiger partial charge in [-0.05, 0) is 42.7 Å². The number of carbonyl (C=O) groups is 1. The molecule has 2 aliphatic carbocycles. The van der Waals surface area contributed by atoms with Crippen molar-refractivity contribution in [2.24, 2.45) is 17.3 Å². The van der Waals surface area contributed by atoms with E-state index in [1.807, 2.05) is 20.8 Å². The van der Waals surface area contributed by atoms with Crippen molar-refractivity contribution in [3.63, 3.8) is 0 Å². The Labute approximate surface area is 109 Å². The number of ketones is 1. The fraction of sp³-hybridized carbons (Fsp3) is 0.800. The molecule has 2 N–H and O–H groups in total.